The maximum Gasteiger partial charge on any atom is 0.122 e. The summed E-state index contributed by atoms with van der Waals surface area (Å²) in [6.45, 7) is 0.530. The van der Waals surface area contributed by atoms with Crippen LogP contribution in [-0.4, -0.2) is 4.98 Å². The smallest absolute Gasteiger partial charge is 0.122 e. The Labute approximate surface area is 117 Å². The summed E-state index contributed by atoms with van der Waals surface area (Å²) >= 11 is 0. The molecule has 0 unspecified atom stereocenters. The van der Waals surface area contributed by atoms with Crippen LogP contribution in [0.4, 0.5) is 0 Å². The van der Waals surface area contributed by atoms with Crippen molar-refractivity contribution in [3.05, 3.63) is 71.9 Å². The molecule has 3 heteroatoms. The molecule has 0 spiro atoms. The topological polar surface area (TPSA) is 45.9 Å². The first kappa shape index (κ1) is 12.2. The molecule has 0 aliphatic heterocycles. The van der Waals surface area contributed by atoms with Gasteiger partial charge in [-0.15, -0.1) is 0 Å². The van der Waals surface area contributed by atoms with Gasteiger partial charge in [-0.25, -0.2) is 0 Å². The molecule has 1 aromatic heterocycles. The number of nitrogens with zero attached hydrogens (tertiary/aromatic N) is 2. The Morgan fingerprint density at radius 1 is 1.05 bits per heavy atom. The number of rotatable bonds is 3. The molecular weight excluding hydrogens is 248 g/mol. The van der Waals surface area contributed by atoms with Crippen molar-refractivity contribution in [2.24, 2.45) is 0 Å². The lowest BCUT2D eigenvalue weighted by Gasteiger charge is -2.07. The van der Waals surface area contributed by atoms with Gasteiger partial charge in [0.1, 0.15) is 18.4 Å². The van der Waals surface area contributed by atoms with Crippen LogP contribution in [0.5, 0.6) is 5.75 Å². The molecule has 0 fully saturated rings. The normalized spacial score (nSPS) is 10.2. The third-order valence-electron chi connectivity index (χ3n) is 3.03. The number of aromatic nitrogens is 1. The fourth-order valence-corrected chi connectivity index (χ4v) is 1.99. The maximum atomic E-state index is 8.85. The molecule has 0 radical (unpaired) electrons. The van der Waals surface area contributed by atoms with Crippen LogP contribution >= 0.6 is 0 Å². The summed E-state index contributed by atoms with van der Waals surface area (Å²) in [6.07, 6.45) is 1.57. The third kappa shape index (κ3) is 2.60. The van der Waals surface area contributed by atoms with Crippen molar-refractivity contribution in [2.45, 2.75) is 6.61 Å². The number of pyridine rings is 1. The zero-order valence-corrected chi connectivity index (χ0v) is 10.8. The van der Waals surface area contributed by atoms with E-state index in [0.29, 0.717) is 12.2 Å². The predicted molar refractivity (Wildman–Crippen MR) is 77.2 cm³/mol. The first-order valence-corrected chi connectivity index (χ1v) is 6.32. The Kier molecular flexibility index (Phi) is 3.30. The van der Waals surface area contributed by atoms with Crippen molar-refractivity contribution in [1.29, 1.82) is 5.26 Å². The van der Waals surface area contributed by atoms with Gasteiger partial charge in [0.25, 0.3) is 0 Å². The van der Waals surface area contributed by atoms with Crippen LogP contribution in [-0.2, 0) is 6.61 Å². The second-order valence-electron chi connectivity index (χ2n) is 4.46. The molecule has 0 bridgehead atoms. The van der Waals surface area contributed by atoms with Crippen molar-refractivity contribution < 1.29 is 4.74 Å². The summed E-state index contributed by atoms with van der Waals surface area (Å²) in [5.74, 6) is 0.776. The zero-order chi connectivity index (χ0) is 13.8. The summed E-state index contributed by atoms with van der Waals surface area (Å²) in [4.78, 5) is 4.27. The van der Waals surface area contributed by atoms with E-state index < -0.39 is 0 Å². The average molecular weight is 260 g/mol. The van der Waals surface area contributed by atoms with Gasteiger partial charge in [0.2, 0.25) is 0 Å². The molecule has 3 nitrogen and oxygen atoms in total. The highest BCUT2D eigenvalue weighted by Crippen LogP contribution is 2.20. The van der Waals surface area contributed by atoms with Crippen molar-refractivity contribution in [3.63, 3.8) is 0 Å². The Hall–Kier alpha value is -2.86. The van der Waals surface area contributed by atoms with Gasteiger partial charge in [0, 0.05) is 17.6 Å². The van der Waals surface area contributed by atoms with Crippen LogP contribution in [0.25, 0.3) is 10.9 Å². The van der Waals surface area contributed by atoms with Crippen LogP contribution < -0.4 is 4.74 Å². The first-order chi connectivity index (χ1) is 9.85. The monoisotopic (exact) mass is 260 g/mol. The highest BCUT2D eigenvalue weighted by molar-refractivity contribution is 5.81. The zero-order valence-electron chi connectivity index (χ0n) is 10.8. The Morgan fingerprint density at radius 2 is 1.90 bits per heavy atom. The number of hydrogen-bond donors (Lipinski definition) is 0. The van der Waals surface area contributed by atoms with Gasteiger partial charge >= 0.3 is 0 Å². The molecule has 96 valence electrons. The van der Waals surface area contributed by atoms with E-state index in [1.807, 2.05) is 54.6 Å². The van der Waals surface area contributed by atoms with Gasteiger partial charge < -0.3 is 4.74 Å². The van der Waals surface area contributed by atoms with Gasteiger partial charge in [0.05, 0.1) is 11.1 Å². The Bertz CT molecular complexity index is 776. The Morgan fingerprint density at radius 3 is 2.70 bits per heavy atom. The number of fused-ring (bicyclic) bond motifs is 1. The molecule has 3 rings (SSSR count). The van der Waals surface area contributed by atoms with E-state index in [9.17, 15) is 0 Å². The predicted octanol–water partition coefficient (Wildman–Crippen LogP) is 3.69. The maximum absolute atomic E-state index is 8.85. The fraction of sp³-hybridized carbons (Fsp3) is 0.0588. The lowest BCUT2D eigenvalue weighted by molar-refractivity contribution is 0.306. The summed E-state index contributed by atoms with van der Waals surface area (Å²) in [6, 6.07) is 19.6. The third-order valence-corrected chi connectivity index (χ3v) is 3.03. The van der Waals surface area contributed by atoms with Crippen LogP contribution in [0.1, 0.15) is 11.1 Å². The number of hydrogen-bond acceptors (Lipinski definition) is 3. The second-order valence-corrected chi connectivity index (χ2v) is 4.46. The van der Waals surface area contributed by atoms with Crippen LogP contribution in [0.2, 0.25) is 0 Å². The van der Waals surface area contributed by atoms with Crippen molar-refractivity contribution in [3.8, 4) is 11.8 Å². The minimum Gasteiger partial charge on any atom is -0.489 e. The number of ether oxygens (including phenoxy) is 1. The van der Waals surface area contributed by atoms with E-state index in [1.165, 1.54) is 0 Å². The SMILES string of the molecule is N#Cc1cnc2cc(OCc3ccccc3)ccc2c1. The molecule has 3 aromatic rings. The Balaban J connectivity index is 1.81. The second kappa shape index (κ2) is 5.41. The molecule has 20 heavy (non-hydrogen) atoms. The average Bonchev–Trinajstić information content (AvgIpc) is 2.53. The summed E-state index contributed by atoms with van der Waals surface area (Å²) in [7, 11) is 0. The minimum atomic E-state index is 0.530. The van der Waals surface area contributed by atoms with Crippen LogP contribution in [0.15, 0.2) is 60.8 Å². The van der Waals surface area contributed by atoms with Gasteiger partial charge in [-0.2, -0.15) is 5.26 Å². The molecule has 0 saturated heterocycles. The van der Waals surface area contributed by atoms with E-state index in [4.69, 9.17) is 10.00 Å². The lowest BCUT2D eigenvalue weighted by atomic mass is 10.1. The van der Waals surface area contributed by atoms with Crippen LogP contribution in [0.3, 0.4) is 0 Å². The molecule has 0 aliphatic carbocycles. The van der Waals surface area contributed by atoms with E-state index >= 15 is 0 Å². The van der Waals surface area contributed by atoms with Gasteiger partial charge in [-0.1, -0.05) is 30.3 Å². The number of nitriles is 1. The van der Waals surface area contributed by atoms with Crippen LogP contribution in [0, 0.1) is 11.3 Å². The molecular formula is C17H12N2O. The van der Waals surface area contributed by atoms with E-state index in [-0.39, 0.29) is 0 Å². The standard InChI is InChI=1S/C17H12N2O/c18-10-14-8-15-6-7-16(9-17(15)19-11-14)20-12-13-4-2-1-3-5-13/h1-9,11H,12H2. The fourth-order valence-electron chi connectivity index (χ4n) is 1.99. The molecule has 2 aromatic carbocycles. The van der Waals surface area contributed by atoms with Gasteiger partial charge in [-0.3, -0.25) is 4.98 Å². The molecule has 0 amide bonds. The van der Waals surface area contributed by atoms with Crippen molar-refractivity contribution in [1.82, 2.24) is 4.98 Å². The highest BCUT2D eigenvalue weighted by Gasteiger charge is 2.01. The van der Waals surface area contributed by atoms with E-state index in [1.54, 1.807) is 6.20 Å². The minimum absolute atomic E-state index is 0.530. The highest BCUT2D eigenvalue weighted by atomic mass is 16.5. The molecule has 1 heterocycles. The first-order valence-electron chi connectivity index (χ1n) is 6.32. The largest absolute Gasteiger partial charge is 0.489 e. The number of benzene rings is 2. The van der Waals surface area contributed by atoms with Crippen molar-refractivity contribution >= 4 is 10.9 Å². The van der Waals surface area contributed by atoms with E-state index in [0.717, 1.165) is 22.2 Å². The van der Waals surface area contributed by atoms with Crippen molar-refractivity contribution in [2.75, 3.05) is 0 Å². The van der Waals surface area contributed by atoms with E-state index in [2.05, 4.69) is 11.1 Å². The summed E-state index contributed by atoms with van der Waals surface area (Å²) < 4.78 is 5.75. The van der Waals surface area contributed by atoms with Gasteiger partial charge in [-0.05, 0) is 23.8 Å². The molecule has 0 N–H and O–H groups in total. The quantitative estimate of drug-likeness (QED) is 0.721. The lowest BCUT2D eigenvalue weighted by Crippen LogP contribution is -1.95. The summed E-state index contributed by atoms with van der Waals surface area (Å²) in [5, 5.41) is 9.79. The molecule has 0 aliphatic rings. The molecule has 0 saturated carbocycles. The molecule has 0 atom stereocenters. The van der Waals surface area contributed by atoms with Gasteiger partial charge in [0.15, 0.2) is 0 Å². The summed E-state index contributed by atoms with van der Waals surface area (Å²) in [5.41, 5.74) is 2.52.